The van der Waals surface area contributed by atoms with Crippen molar-refractivity contribution >= 4 is 38.9 Å². The largest absolute Gasteiger partial charge is 0.351 e. The van der Waals surface area contributed by atoms with E-state index in [1.54, 1.807) is 6.07 Å². The van der Waals surface area contributed by atoms with Gasteiger partial charge in [-0.2, -0.15) is 4.31 Å². The van der Waals surface area contributed by atoms with E-state index >= 15 is 0 Å². The summed E-state index contributed by atoms with van der Waals surface area (Å²) < 4.78 is 27.5. The molecule has 28 heavy (non-hydrogen) atoms. The molecule has 0 bridgehead atoms. The van der Waals surface area contributed by atoms with Crippen molar-refractivity contribution < 1.29 is 13.2 Å². The number of hydrogen-bond acceptors (Lipinski definition) is 5. The maximum Gasteiger partial charge on any atom is 0.252 e. The summed E-state index contributed by atoms with van der Waals surface area (Å²) in [5.41, 5.74) is 2.23. The minimum absolute atomic E-state index is 0.0538. The van der Waals surface area contributed by atoms with Crippen molar-refractivity contribution in [1.82, 2.24) is 14.5 Å². The molecule has 1 aliphatic rings. The molecule has 1 aliphatic heterocycles. The van der Waals surface area contributed by atoms with E-state index in [-0.39, 0.29) is 16.2 Å². The number of thiophene rings is 1. The number of halogens is 1. The Bertz CT molecular complexity index is 920. The Morgan fingerprint density at radius 3 is 2.36 bits per heavy atom. The second kappa shape index (κ2) is 8.92. The number of nitrogens with one attached hydrogen (secondary N) is 1. The molecule has 1 fully saturated rings. The summed E-state index contributed by atoms with van der Waals surface area (Å²) in [6.07, 6.45) is 0. The number of carbonyl (C=O) groups excluding carboxylic acids is 1. The molecule has 0 radical (unpaired) electrons. The molecule has 0 saturated carbocycles. The predicted molar refractivity (Wildman–Crippen MR) is 112 cm³/mol. The predicted octanol–water partition coefficient (Wildman–Crippen LogP) is 2.72. The molecule has 1 atom stereocenters. The third-order valence-electron chi connectivity index (χ3n) is 4.93. The number of rotatable bonds is 6. The van der Waals surface area contributed by atoms with Gasteiger partial charge in [-0.25, -0.2) is 8.42 Å². The van der Waals surface area contributed by atoms with Gasteiger partial charge < -0.3 is 5.32 Å². The van der Waals surface area contributed by atoms with E-state index in [1.165, 1.54) is 15.9 Å². The Kier molecular flexibility index (Phi) is 6.77. The molecule has 9 heteroatoms. The zero-order chi connectivity index (χ0) is 20.3. The summed E-state index contributed by atoms with van der Waals surface area (Å²) in [5, 5.41) is 2.96. The van der Waals surface area contributed by atoms with Crippen molar-refractivity contribution in [2.45, 2.75) is 30.6 Å². The van der Waals surface area contributed by atoms with Gasteiger partial charge in [0, 0.05) is 32.7 Å². The molecule has 1 saturated heterocycles. The normalized spacial score (nSPS) is 17.4. The van der Waals surface area contributed by atoms with Gasteiger partial charge in [-0.05, 0) is 31.5 Å². The quantitative estimate of drug-likeness (QED) is 0.748. The summed E-state index contributed by atoms with van der Waals surface area (Å²) in [4.78, 5) is 14.5. The first-order chi connectivity index (χ1) is 13.3. The highest BCUT2D eigenvalue weighted by molar-refractivity contribution is 7.91. The topological polar surface area (TPSA) is 69.7 Å². The average molecular weight is 442 g/mol. The molecular formula is C19H24ClN3O3S2. The molecule has 0 aliphatic carbocycles. The number of aryl methyl sites for hydroxylation is 1. The third-order valence-corrected chi connectivity index (χ3v) is 8.53. The van der Waals surface area contributed by atoms with Crippen molar-refractivity contribution in [3.05, 3.63) is 51.9 Å². The maximum absolute atomic E-state index is 12.7. The van der Waals surface area contributed by atoms with Gasteiger partial charge in [0.1, 0.15) is 4.21 Å². The van der Waals surface area contributed by atoms with Crippen molar-refractivity contribution in [1.29, 1.82) is 0 Å². The van der Waals surface area contributed by atoms with E-state index in [4.69, 9.17) is 11.6 Å². The Hall–Kier alpha value is -1.45. The summed E-state index contributed by atoms with van der Waals surface area (Å²) in [6.45, 7) is 6.09. The van der Waals surface area contributed by atoms with Gasteiger partial charge in [0.15, 0.2) is 0 Å². The number of benzene rings is 1. The van der Waals surface area contributed by atoms with E-state index < -0.39 is 10.0 Å². The van der Waals surface area contributed by atoms with Crippen LogP contribution in [0, 0.1) is 6.92 Å². The lowest BCUT2D eigenvalue weighted by atomic mass is 10.1. The van der Waals surface area contributed by atoms with Gasteiger partial charge in [0.05, 0.1) is 10.4 Å². The van der Waals surface area contributed by atoms with Crippen LogP contribution in [-0.2, 0) is 21.4 Å². The summed E-state index contributed by atoms with van der Waals surface area (Å²) >= 11 is 6.93. The molecular weight excluding hydrogens is 418 g/mol. The number of sulfonamides is 1. The van der Waals surface area contributed by atoms with Crippen LogP contribution in [-0.4, -0.2) is 55.8 Å². The third kappa shape index (κ3) is 4.93. The monoisotopic (exact) mass is 441 g/mol. The summed E-state index contributed by atoms with van der Waals surface area (Å²) in [5.74, 6) is -0.0538. The van der Waals surface area contributed by atoms with Crippen LogP contribution in [0.5, 0.6) is 0 Å². The average Bonchev–Trinajstić information content (AvgIpc) is 3.14. The molecule has 152 valence electrons. The lowest BCUT2D eigenvalue weighted by molar-refractivity contribution is -0.126. The van der Waals surface area contributed by atoms with E-state index in [1.807, 2.05) is 43.0 Å². The van der Waals surface area contributed by atoms with Gasteiger partial charge >= 0.3 is 0 Å². The van der Waals surface area contributed by atoms with Crippen LogP contribution in [0.1, 0.15) is 18.1 Å². The highest BCUT2D eigenvalue weighted by Crippen LogP contribution is 2.28. The summed E-state index contributed by atoms with van der Waals surface area (Å²) in [6, 6.07) is 10.9. The fourth-order valence-corrected chi connectivity index (χ4v) is 6.16. The van der Waals surface area contributed by atoms with E-state index in [9.17, 15) is 13.2 Å². The SMILES string of the molecule is Cc1ccc(CNC(=O)C(C)N2CCN(S(=O)(=O)c3ccc(Cl)s3)CC2)cc1. The first-order valence-corrected chi connectivity index (χ1v) is 11.7. The molecule has 2 aromatic rings. The molecule has 6 nitrogen and oxygen atoms in total. The Labute approximate surface area is 175 Å². The number of hydrogen-bond donors (Lipinski definition) is 1. The van der Waals surface area contributed by atoms with E-state index in [0.29, 0.717) is 37.1 Å². The highest BCUT2D eigenvalue weighted by atomic mass is 35.5. The fourth-order valence-electron chi connectivity index (χ4n) is 3.10. The van der Waals surface area contributed by atoms with Gasteiger partial charge in [0.25, 0.3) is 10.0 Å². The second-order valence-corrected chi connectivity index (χ2v) is 10.8. The molecule has 1 aromatic carbocycles. The number of nitrogens with zero attached hydrogens (tertiary/aromatic N) is 2. The van der Waals surface area contributed by atoms with Gasteiger partial charge in [0.2, 0.25) is 5.91 Å². The Morgan fingerprint density at radius 2 is 1.79 bits per heavy atom. The molecule has 3 rings (SSSR count). The number of amides is 1. The molecule has 1 unspecified atom stereocenters. The lowest BCUT2D eigenvalue weighted by Gasteiger charge is -2.36. The molecule has 0 spiro atoms. The molecule has 1 aromatic heterocycles. The minimum Gasteiger partial charge on any atom is -0.351 e. The standard InChI is InChI=1S/C19H24ClN3O3S2/c1-14-3-5-16(6-4-14)13-21-19(24)15(2)22-9-11-23(12-10-22)28(25,26)18-8-7-17(20)27-18/h3-8,15H,9-13H2,1-2H3,(H,21,24). The van der Waals surface area contributed by atoms with Crippen LogP contribution in [0.2, 0.25) is 4.34 Å². The fraction of sp³-hybridized carbons (Fsp3) is 0.421. The van der Waals surface area contributed by atoms with Crippen LogP contribution in [0.4, 0.5) is 0 Å². The van der Waals surface area contributed by atoms with Crippen LogP contribution in [0.3, 0.4) is 0 Å². The number of carbonyl (C=O) groups is 1. The Balaban J connectivity index is 1.52. The molecule has 1 N–H and O–H groups in total. The molecule has 1 amide bonds. The zero-order valence-corrected chi connectivity index (χ0v) is 18.3. The smallest absolute Gasteiger partial charge is 0.252 e. The molecule has 2 heterocycles. The van der Waals surface area contributed by atoms with Crippen molar-refractivity contribution in [2.24, 2.45) is 0 Å². The highest BCUT2D eigenvalue weighted by Gasteiger charge is 2.32. The lowest BCUT2D eigenvalue weighted by Crippen LogP contribution is -2.54. The first kappa shape index (κ1) is 21.3. The number of piperazine rings is 1. The Morgan fingerprint density at radius 1 is 1.14 bits per heavy atom. The van der Waals surface area contributed by atoms with E-state index in [0.717, 1.165) is 16.9 Å². The van der Waals surface area contributed by atoms with Crippen LogP contribution >= 0.6 is 22.9 Å². The second-order valence-electron chi connectivity index (χ2n) is 6.88. The van der Waals surface area contributed by atoms with Crippen LogP contribution in [0.15, 0.2) is 40.6 Å². The first-order valence-electron chi connectivity index (χ1n) is 9.10. The van der Waals surface area contributed by atoms with Gasteiger partial charge in [-0.1, -0.05) is 41.4 Å². The van der Waals surface area contributed by atoms with Crippen LogP contribution < -0.4 is 5.32 Å². The van der Waals surface area contributed by atoms with Crippen molar-refractivity contribution in [3.8, 4) is 0 Å². The summed E-state index contributed by atoms with van der Waals surface area (Å²) in [7, 11) is -3.52. The van der Waals surface area contributed by atoms with Crippen molar-refractivity contribution in [2.75, 3.05) is 26.2 Å². The zero-order valence-electron chi connectivity index (χ0n) is 15.9. The minimum atomic E-state index is -3.52. The van der Waals surface area contributed by atoms with Gasteiger partial charge in [-0.3, -0.25) is 9.69 Å². The van der Waals surface area contributed by atoms with E-state index in [2.05, 4.69) is 5.32 Å². The van der Waals surface area contributed by atoms with Crippen molar-refractivity contribution in [3.63, 3.8) is 0 Å². The van der Waals surface area contributed by atoms with Crippen LogP contribution in [0.25, 0.3) is 0 Å². The maximum atomic E-state index is 12.7. The van der Waals surface area contributed by atoms with Gasteiger partial charge in [-0.15, -0.1) is 11.3 Å².